The smallest absolute Gasteiger partial charge is 0.263 e. The van der Waals surface area contributed by atoms with Crippen LogP contribution in [0.25, 0.3) is 0 Å². The van der Waals surface area contributed by atoms with E-state index < -0.39 is 0 Å². The summed E-state index contributed by atoms with van der Waals surface area (Å²) < 4.78 is 10.9. The summed E-state index contributed by atoms with van der Waals surface area (Å²) in [5, 5.41) is 7.01. The van der Waals surface area contributed by atoms with Crippen LogP contribution in [0, 0.1) is 6.92 Å². The highest BCUT2D eigenvalue weighted by Crippen LogP contribution is 2.29. The Kier molecular flexibility index (Phi) is 5.20. The molecule has 0 unspecified atom stereocenters. The molecule has 7 heteroatoms. The summed E-state index contributed by atoms with van der Waals surface area (Å²) in [6, 6.07) is 7.96. The minimum Gasteiger partial charge on any atom is -0.493 e. The molecule has 1 aliphatic rings. The van der Waals surface area contributed by atoms with Gasteiger partial charge in [-0.2, -0.15) is 0 Å². The number of para-hydroxylation sites is 2. The maximum Gasteiger partial charge on any atom is 0.263 e. The molecule has 0 aliphatic heterocycles. The second-order valence-corrected chi connectivity index (χ2v) is 6.61. The molecule has 1 fully saturated rings. The molecule has 1 aromatic carbocycles. The van der Waals surface area contributed by atoms with Crippen molar-refractivity contribution >= 4 is 22.4 Å². The van der Waals surface area contributed by atoms with Gasteiger partial charge in [0.2, 0.25) is 0 Å². The van der Waals surface area contributed by atoms with Crippen molar-refractivity contribution in [3.05, 3.63) is 34.8 Å². The van der Waals surface area contributed by atoms with E-state index in [4.69, 9.17) is 9.47 Å². The number of aromatic nitrogens is 1. The van der Waals surface area contributed by atoms with E-state index in [1.54, 1.807) is 7.11 Å². The summed E-state index contributed by atoms with van der Waals surface area (Å²) in [7, 11) is 1.60. The monoisotopic (exact) mass is 347 g/mol. The second-order valence-electron chi connectivity index (χ2n) is 5.61. The largest absolute Gasteiger partial charge is 0.493 e. The summed E-state index contributed by atoms with van der Waals surface area (Å²) in [4.78, 5) is 17.3. The van der Waals surface area contributed by atoms with E-state index in [1.807, 2.05) is 31.2 Å². The van der Waals surface area contributed by atoms with Crippen LogP contribution in [0.4, 0.5) is 5.13 Å². The Morgan fingerprint density at radius 1 is 1.33 bits per heavy atom. The van der Waals surface area contributed by atoms with Crippen LogP contribution in [0.1, 0.15) is 28.2 Å². The van der Waals surface area contributed by atoms with Crippen LogP contribution in [-0.4, -0.2) is 37.2 Å². The molecule has 3 rings (SSSR count). The molecule has 1 amide bonds. The lowest BCUT2D eigenvalue weighted by Crippen LogP contribution is -2.28. The number of aryl methyl sites for hydroxylation is 1. The maximum absolute atomic E-state index is 12.3. The molecule has 0 saturated heterocycles. The molecule has 1 aliphatic carbocycles. The number of hydrogen-bond acceptors (Lipinski definition) is 6. The third kappa shape index (κ3) is 4.17. The van der Waals surface area contributed by atoms with Gasteiger partial charge < -0.3 is 20.1 Å². The Bertz CT molecular complexity index is 713. The van der Waals surface area contributed by atoms with E-state index in [0.29, 0.717) is 35.6 Å². The Labute approximate surface area is 145 Å². The quantitative estimate of drug-likeness (QED) is 0.719. The number of amides is 1. The van der Waals surface area contributed by atoms with Crippen LogP contribution >= 0.6 is 11.3 Å². The Morgan fingerprint density at radius 2 is 2.08 bits per heavy atom. The van der Waals surface area contributed by atoms with Crippen LogP contribution < -0.4 is 20.1 Å². The number of anilines is 1. The van der Waals surface area contributed by atoms with Gasteiger partial charge >= 0.3 is 0 Å². The predicted molar refractivity (Wildman–Crippen MR) is 94.3 cm³/mol. The number of thiazole rings is 1. The Hall–Kier alpha value is -2.28. The van der Waals surface area contributed by atoms with Gasteiger partial charge in [-0.25, -0.2) is 4.98 Å². The van der Waals surface area contributed by atoms with Gasteiger partial charge in [-0.05, 0) is 31.9 Å². The molecular weight excluding hydrogens is 326 g/mol. The van der Waals surface area contributed by atoms with Gasteiger partial charge in [-0.3, -0.25) is 4.79 Å². The van der Waals surface area contributed by atoms with Crippen molar-refractivity contribution in [2.75, 3.05) is 25.6 Å². The minimum atomic E-state index is -0.113. The van der Waals surface area contributed by atoms with Gasteiger partial charge in [-0.1, -0.05) is 23.5 Å². The molecule has 0 bridgehead atoms. The number of carbonyl (C=O) groups is 1. The molecule has 0 spiro atoms. The Balaban J connectivity index is 1.47. The molecule has 128 valence electrons. The summed E-state index contributed by atoms with van der Waals surface area (Å²) >= 11 is 1.40. The highest BCUT2D eigenvalue weighted by atomic mass is 32.1. The number of rotatable bonds is 8. The Morgan fingerprint density at radius 3 is 2.79 bits per heavy atom. The van der Waals surface area contributed by atoms with Crippen LogP contribution in [-0.2, 0) is 0 Å². The zero-order valence-electron chi connectivity index (χ0n) is 13.8. The van der Waals surface area contributed by atoms with Crippen molar-refractivity contribution in [1.82, 2.24) is 10.3 Å². The van der Waals surface area contributed by atoms with Crippen molar-refractivity contribution in [3.63, 3.8) is 0 Å². The number of carbonyl (C=O) groups excluding carboxylic acids is 1. The highest BCUT2D eigenvalue weighted by molar-refractivity contribution is 7.17. The molecular formula is C17H21N3O3S. The van der Waals surface area contributed by atoms with Crippen LogP contribution in [0.2, 0.25) is 0 Å². The van der Waals surface area contributed by atoms with Crippen LogP contribution in [0.3, 0.4) is 0 Å². The average molecular weight is 347 g/mol. The molecule has 1 aromatic heterocycles. The van der Waals surface area contributed by atoms with Gasteiger partial charge in [-0.15, -0.1) is 0 Å². The number of nitrogens with one attached hydrogen (secondary N) is 2. The molecule has 1 heterocycles. The third-order valence-electron chi connectivity index (χ3n) is 3.62. The predicted octanol–water partition coefficient (Wildman–Crippen LogP) is 2.84. The normalized spacial score (nSPS) is 13.4. The summed E-state index contributed by atoms with van der Waals surface area (Å²) in [5.41, 5.74) is 0.756. The SMILES string of the molecule is COc1ccccc1OCCNC(=O)c1sc(NC2CC2)nc1C. The van der Waals surface area contributed by atoms with E-state index >= 15 is 0 Å². The zero-order valence-corrected chi connectivity index (χ0v) is 14.6. The highest BCUT2D eigenvalue weighted by Gasteiger charge is 2.23. The summed E-state index contributed by atoms with van der Waals surface area (Å²) in [6.45, 7) is 2.64. The third-order valence-corrected chi connectivity index (χ3v) is 4.71. The van der Waals surface area contributed by atoms with Crippen molar-refractivity contribution in [3.8, 4) is 11.5 Å². The first kappa shape index (κ1) is 16.6. The van der Waals surface area contributed by atoms with Crippen LogP contribution in [0.5, 0.6) is 11.5 Å². The zero-order chi connectivity index (χ0) is 16.9. The fraction of sp³-hybridized carbons (Fsp3) is 0.412. The molecule has 0 radical (unpaired) electrons. The van der Waals surface area contributed by atoms with Crippen molar-refractivity contribution in [2.45, 2.75) is 25.8 Å². The van der Waals surface area contributed by atoms with Gasteiger partial charge in [0.15, 0.2) is 16.6 Å². The van der Waals surface area contributed by atoms with E-state index in [2.05, 4.69) is 15.6 Å². The lowest BCUT2D eigenvalue weighted by molar-refractivity contribution is 0.0950. The fourth-order valence-electron chi connectivity index (χ4n) is 2.21. The lowest BCUT2D eigenvalue weighted by Gasteiger charge is -2.10. The van der Waals surface area contributed by atoms with Crippen LogP contribution in [0.15, 0.2) is 24.3 Å². The molecule has 0 atom stereocenters. The fourth-order valence-corrected chi connectivity index (χ4v) is 3.17. The van der Waals surface area contributed by atoms with Gasteiger partial charge in [0.1, 0.15) is 11.5 Å². The van der Waals surface area contributed by atoms with Gasteiger partial charge in [0.05, 0.1) is 19.3 Å². The van der Waals surface area contributed by atoms with Crippen molar-refractivity contribution in [2.24, 2.45) is 0 Å². The van der Waals surface area contributed by atoms with E-state index in [1.165, 1.54) is 24.2 Å². The molecule has 2 N–H and O–H groups in total. The number of benzene rings is 1. The molecule has 1 saturated carbocycles. The minimum absolute atomic E-state index is 0.113. The molecule has 24 heavy (non-hydrogen) atoms. The number of hydrogen-bond donors (Lipinski definition) is 2. The van der Waals surface area contributed by atoms with Gasteiger partial charge in [0, 0.05) is 6.04 Å². The van der Waals surface area contributed by atoms with E-state index in [0.717, 1.165) is 10.8 Å². The second kappa shape index (κ2) is 7.53. The van der Waals surface area contributed by atoms with Crippen molar-refractivity contribution in [1.29, 1.82) is 0 Å². The number of ether oxygens (including phenoxy) is 2. The average Bonchev–Trinajstić information content (AvgIpc) is 3.32. The standard InChI is InChI=1S/C17H21N3O3S/c1-11-15(24-17(19-11)20-12-7-8-12)16(21)18-9-10-23-14-6-4-3-5-13(14)22-2/h3-6,12H,7-10H2,1-2H3,(H,18,21)(H,19,20). The summed E-state index contributed by atoms with van der Waals surface area (Å²) in [6.07, 6.45) is 2.36. The maximum atomic E-state index is 12.3. The first-order valence-electron chi connectivity index (χ1n) is 7.95. The number of nitrogens with zero attached hydrogens (tertiary/aromatic N) is 1. The van der Waals surface area contributed by atoms with Gasteiger partial charge in [0.25, 0.3) is 5.91 Å². The van der Waals surface area contributed by atoms with Crippen molar-refractivity contribution < 1.29 is 14.3 Å². The first-order chi connectivity index (χ1) is 11.7. The first-order valence-corrected chi connectivity index (χ1v) is 8.77. The molecule has 6 nitrogen and oxygen atoms in total. The lowest BCUT2D eigenvalue weighted by atomic mass is 10.3. The molecule has 2 aromatic rings. The number of methoxy groups -OCH3 is 1. The van der Waals surface area contributed by atoms with E-state index in [-0.39, 0.29) is 5.91 Å². The topological polar surface area (TPSA) is 72.5 Å². The summed E-state index contributed by atoms with van der Waals surface area (Å²) in [5.74, 6) is 1.23. The van der Waals surface area contributed by atoms with E-state index in [9.17, 15) is 4.79 Å².